The Balaban J connectivity index is 1.39. The molecule has 2 atom stereocenters. The highest BCUT2D eigenvalue weighted by atomic mass is 16.5. The highest BCUT2D eigenvalue weighted by Gasteiger charge is 2.32. The monoisotopic (exact) mass is 584 g/mol. The highest BCUT2D eigenvalue weighted by molar-refractivity contribution is 6.02. The second-order valence-electron chi connectivity index (χ2n) is 10.7. The molecular formula is C32H40N8O3. The Bertz CT molecular complexity index is 1470. The zero-order valence-corrected chi connectivity index (χ0v) is 25.0. The van der Waals surface area contributed by atoms with Gasteiger partial charge in [0.1, 0.15) is 17.9 Å². The average Bonchev–Trinajstić information content (AvgIpc) is 3.54. The number of carbonyl (C=O) groups excluding carboxylic acids is 1. The van der Waals surface area contributed by atoms with Crippen molar-refractivity contribution in [3.05, 3.63) is 60.9 Å². The predicted molar refractivity (Wildman–Crippen MR) is 172 cm³/mol. The van der Waals surface area contributed by atoms with Crippen LogP contribution in [0.2, 0.25) is 0 Å². The number of nitrogens with zero attached hydrogens (tertiary/aromatic N) is 4. The third-order valence-electron chi connectivity index (χ3n) is 8.33. The van der Waals surface area contributed by atoms with Crippen LogP contribution >= 0.6 is 0 Å². The predicted octanol–water partition coefficient (Wildman–Crippen LogP) is 4.75. The molecule has 2 aromatic carbocycles. The first kappa shape index (κ1) is 30.0. The number of benzene rings is 2. The molecule has 1 saturated carbocycles. The number of hydrogen-bond donors (Lipinski definition) is 4. The van der Waals surface area contributed by atoms with E-state index in [4.69, 9.17) is 14.9 Å². The largest absolute Gasteiger partial charge is 0.494 e. The molecule has 2 unspecified atom stereocenters. The lowest BCUT2D eigenvalue weighted by Crippen LogP contribution is -2.50. The zero-order valence-electron chi connectivity index (χ0n) is 25.0. The van der Waals surface area contributed by atoms with Gasteiger partial charge in [0.2, 0.25) is 5.91 Å². The lowest BCUT2D eigenvalue weighted by molar-refractivity contribution is -0.111. The van der Waals surface area contributed by atoms with Crippen LogP contribution in [-0.4, -0.2) is 86.6 Å². The number of amides is 1. The average molecular weight is 585 g/mol. The summed E-state index contributed by atoms with van der Waals surface area (Å²) in [7, 11) is 5.26. The van der Waals surface area contributed by atoms with E-state index in [0.29, 0.717) is 35.1 Å². The van der Waals surface area contributed by atoms with Gasteiger partial charge in [-0.15, -0.1) is 0 Å². The van der Waals surface area contributed by atoms with Crippen molar-refractivity contribution < 1.29 is 14.3 Å². The molecule has 11 heteroatoms. The highest BCUT2D eigenvalue weighted by Crippen LogP contribution is 2.39. The number of methoxy groups -OCH3 is 2. The summed E-state index contributed by atoms with van der Waals surface area (Å²) in [5.41, 5.74) is 5.45. The topological polar surface area (TPSA) is 128 Å². The molecule has 0 radical (unpaired) electrons. The number of hydrogen-bond acceptors (Lipinski definition) is 10. The van der Waals surface area contributed by atoms with Crippen LogP contribution in [0.1, 0.15) is 24.8 Å². The SMILES string of the molecule is C=CC(=O)Nc1cc(Nc2cc(-c3ccc(C=N)c(NC)c3)ncn2)c(OC)cc1N1CCN(C2CCC(OC)C2)CC1. The van der Waals surface area contributed by atoms with Crippen molar-refractivity contribution >= 4 is 40.7 Å². The summed E-state index contributed by atoms with van der Waals surface area (Å²) in [6.07, 6.45) is 7.82. The molecule has 226 valence electrons. The Morgan fingerprint density at radius 1 is 1.05 bits per heavy atom. The number of aromatic nitrogens is 2. The van der Waals surface area contributed by atoms with Crippen LogP contribution in [0, 0.1) is 5.41 Å². The second-order valence-corrected chi connectivity index (χ2v) is 10.7. The summed E-state index contributed by atoms with van der Waals surface area (Å²) in [5, 5.41) is 17.1. The number of rotatable bonds is 11. The Labute approximate surface area is 252 Å². The van der Waals surface area contributed by atoms with E-state index in [2.05, 4.69) is 42.3 Å². The third kappa shape index (κ3) is 6.79. The fraction of sp³-hybridized carbons (Fsp3) is 0.375. The van der Waals surface area contributed by atoms with E-state index in [0.717, 1.165) is 67.2 Å². The van der Waals surface area contributed by atoms with Gasteiger partial charge in [-0.1, -0.05) is 18.7 Å². The molecule has 0 bridgehead atoms. The second kappa shape index (κ2) is 13.7. The van der Waals surface area contributed by atoms with Gasteiger partial charge >= 0.3 is 0 Å². The van der Waals surface area contributed by atoms with E-state index in [-0.39, 0.29) is 5.91 Å². The van der Waals surface area contributed by atoms with Gasteiger partial charge in [-0.05, 0) is 37.5 Å². The van der Waals surface area contributed by atoms with Gasteiger partial charge in [-0.25, -0.2) is 9.97 Å². The van der Waals surface area contributed by atoms with Gasteiger partial charge in [0.25, 0.3) is 0 Å². The minimum absolute atomic E-state index is 0.286. The van der Waals surface area contributed by atoms with Crippen molar-refractivity contribution in [1.82, 2.24) is 14.9 Å². The number of carbonyl (C=O) groups is 1. The summed E-state index contributed by atoms with van der Waals surface area (Å²) in [6.45, 7) is 7.19. The van der Waals surface area contributed by atoms with E-state index in [1.54, 1.807) is 14.2 Å². The first-order valence-electron chi connectivity index (χ1n) is 14.5. The summed E-state index contributed by atoms with van der Waals surface area (Å²) in [5.74, 6) is 0.907. The van der Waals surface area contributed by atoms with E-state index in [1.807, 2.05) is 43.4 Å². The summed E-state index contributed by atoms with van der Waals surface area (Å²) < 4.78 is 11.4. The molecule has 0 spiro atoms. The molecule has 3 aromatic rings. The number of ether oxygens (including phenoxy) is 2. The number of piperazine rings is 1. The van der Waals surface area contributed by atoms with Gasteiger partial charge in [-0.3, -0.25) is 9.69 Å². The minimum atomic E-state index is -0.286. The van der Waals surface area contributed by atoms with E-state index < -0.39 is 0 Å². The quantitative estimate of drug-likeness (QED) is 0.187. The summed E-state index contributed by atoms with van der Waals surface area (Å²) >= 11 is 0. The minimum Gasteiger partial charge on any atom is -0.494 e. The molecule has 1 amide bonds. The molecule has 2 fully saturated rings. The number of nitrogens with one attached hydrogen (secondary N) is 4. The molecule has 1 aromatic heterocycles. The molecule has 1 saturated heterocycles. The van der Waals surface area contributed by atoms with Crippen LogP contribution in [0.25, 0.3) is 11.3 Å². The normalized spacial score (nSPS) is 18.6. The fourth-order valence-corrected chi connectivity index (χ4v) is 5.95. The van der Waals surface area contributed by atoms with Gasteiger partial charge < -0.3 is 35.7 Å². The van der Waals surface area contributed by atoms with Crippen LogP contribution in [0.3, 0.4) is 0 Å². The van der Waals surface area contributed by atoms with Crippen molar-refractivity contribution in [2.75, 3.05) is 68.3 Å². The molecule has 2 aliphatic rings. The number of anilines is 5. The molecule has 11 nitrogen and oxygen atoms in total. The molecular weight excluding hydrogens is 544 g/mol. The summed E-state index contributed by atoms with van der Waals surface area (Å²) in [4.78, 5) is 26.2. The molecule has 1 aliphatic heterocycles. The van der Waals surface area contributed by atoms with Gasteiger partial charge in [0, 0.05) is 81.5 Å². The molecule has 43 heavy (non-hydrogen) atoms. The maximum absolute atomic E-state index is 12.5. The van der Waals surface area contributed by atoms with Crippen LogP contribution in [0.15, 0.2) is 55.4 Å². The first-order valence-corrected chi connectivity index (χ1v) is 14.5. The van der Waals surface area contributed by atoms with Crippen LogP contribution in [0.5, 0.6) is 5.75 Å². The van der Waals surface area contributed by atoms with Crippen molar-refractivity contribution in [3.8, 4) is 17.0 Å². The molecule has 2 heterocycles. The Hall–Kier alpha value is -4.48. The summed E-state index contributed by atoms with van der Waals surface area (Å²) in [6, 6.07) is 12.0. The molecule has 5 rings (SSSR count). The van der Waals surface area contributed by atoms with Crippen molar-refractivity contribution in [2.24, 2.45) is 0 Å². The van der Waals surface area contributed by atoms with E-state index in [9.17, 15) is 4.79 Å². The first-order chi connectivity index (χ1) is 21.0. The lowest BCUT2D eigenvalue weighted by atomic mass is 10.1. The van der Waals surface area contributed by atoms with Gasteiger partial charge in [-0.2, -0.15) is 0 Å². The Morgan fingerprint density at radius 2 is 1.86 bits per heavy atom. The van der Waals surface area contributed by atoms with Crippen LogP contribution in [-0.2, 0) is 9.53 Å². The van der Waals surface area contributed by atoms with Gasteiger partial charge in [0.15, 0.2) is 0 Å². The van der Waals surface area contributed by atoms with Crippen LogP contribution < -0.4 is 25.6 Å². The maximum atomic E-state index is 12.5. The van der Waals surface area contributed by atoms with Crippen molar-refractivity contribution in [3.63, 3.8) is 0 Å². The molecule has 4 N–H and O–H groups in total. The van der Waals surface area contributed by atoms with Crippen LogP contribution in [0.4, 0.5) is 28.6 Å². The standard InChI is InChI=1S/C32H40N8O3/c1-5-32(41)38-27-16-28(37-31-17-26(35-20-36-31)21-6-7-22(19-33)25(14-21)34-2)30(43-4)18-29(27)40-12-10-39(11-13-40)23-8-9-24(15-23)42-3/h5-7,14,16-20,23-24,33-34H,1,8-13,15H2,2-4H3,(H,38,41)(H,35,36,37). The fourth-order valence-electron chi connectivity index (χ4n) is 5.95. The van der Waals surface area contributed by atoms with Gasteiger partial charge in [0.05, 0.1) is 36.0 Å². The van der Waals surface area contributed by atoms with Crippen molar-refractivity contribution in [1.29, 1.82) is 5.41 Å². The van der Waals surface area contributed by atoms with E-state index >= 15 is 0 Å². The Kier molecular flexibility index (Phi) is 9.53. The smallest absolute Gasteiger partial charge is 0.247 e. The third-order valence-corrected chi connectivity index (χ3v) is 8.33. The Morgan fingerprint density at radius 3 is 2.53 bits per heavy atom. The van der Waals surface area contributed by atoms with Crippen molar-refractivity contribution in [2.45, 2.75) is 31.4 Å². The van der Waals surface area contributed by atoms with E-state index in [1.165, 1.54) is 25.0 Å². The molecule has 1 aliphatic carbocycles. The maximum Gasteiger partial charge on any atom is 0.247 e. The lowest BCUT2D eigenvalue weighted by Gasteiger charge is -2.40. The zero-order chi connectivity index (χ0) is 30.3.